The minimum Gasteiger partial charge on any atom is -0.273 e. The van der Waals surface area contributed by atoms with Gasteiger partial charge in [-0.15, -0.1) is 0 Å². The van der Waals surface area contributed by atoms with Crippen molar-refractivity contribution in [2.24, 2.45) is 0 Å². The van der Waals surface area contributed by atoms with Crippen molar-refractivity contribution in [3.63, 3.8) is 0 Å². The zero-order valence-electron chi connectivity index (χ0n) is 12.1. The maximum absolute atomic E-state index is 12.7. The van der Waals surface area contributed by atoms with Gasteiger partial charge in [0.2, 0.25) is 0 Å². The highest BCUT2D eigenvalue weighted by Crippen LogP contribution is 2.24. The molecule has 2 aromatic rings. The quantitative estimate of drug-likeness (QED) is 0.558. The molecule has 0 atom stereocenters. The third kappa shape index (κ3) is 3.32. The van der Waals surface area contributed by atoms with Gasteiger partial charge in [0.25, 0.3) is 11.8 Å². The number of carbonyl (C=O) groups is 3. The van der Waals surface area contributed by atoms with Crippen molar-refractivity contribution in [2.75, 3.05) is 4.90 Å². The zero-order chi connectivity index (χ0) is 17.3. The van der Waals surface area contributed by atoms with Gasteiger partial charge in [0.05, 0.1) is 5.69 Å². The highest BCUT2D eigenvalue weighted by Gasteiger charge is 2.36. The van der Waals surface area contributed by atoms with E-state index >= 15 is 0 Å². The third-order valence-corrected chi connectivity index (χ3v) is 4.42. The van der Waals surface area contributed by atoms with Crippen molar-refractivity contribution in [3.05, 3.63) is 68.6 Å². The molecule has 1 aliphatic rings. The van der Waals surface area contributed by atoms with Gasteiger partial charge >= 0.3 is 6.03 Å². The van der Waals surface area contributed by atoms with Crippen LogP contribution in [0, 0.1) is 0 Å². The van der Waals surface area contributed by atoms with Crippen LogP contribution in [0.25, 0.3) is 6.08 Å². The van der Waals surface area contributed by atoms with Gasteiger partial charge < -0.3 is 0 Å². The summed E-state index contributed by atoms with van der Waals surface area (Å²) in [5, 5.41) is 2.19. The van der Waals surface area contributed by atoms with Crippen LogP contribution in [0.15, 0.2) is 63.0 Å². The lowest BCUT2D eigenvalue weighted by molar-refractivity contribution is -0.122. The molecule has 1 fully saturated rings. The van der Waals surface area contributed by atoms with E-state index in [1.54, 1.807) is 48.5 Å². The summed E-state index contributed by atoms with van der Waals surface area (Å²) in [4.78, 5) is 37.7. The molecule has 7 heteroatoms. The SMILES string of the molecule is O=C1NC(=O)N(c2ccc(Br)cc2)C(=O)/C1=C/c1ccc(Br)cc1. The van der Waals surface area contributed by atoms with Gasteiger partial charge in [0, 0.05) is 8.95 Å². The number of amides is 4. The highest BCUT2D eigenvalue weighted by atomic mass is 79.9. The molecule has 0 unspecified atom stereocenters. The fraction of sp³-hybridized carbons (Fsp3) is 0. The standard InChI is InChI=1S/C17H10Br2N2O3/c18-11-3-1-10(2-4-11)9-14-15(22)20-17(24)21(16(14)23)13-7-5-12(19)6-8-13/h1-9H,(H,20,22,24)/b14-9+. The molecule has 4 amide bonds. The van der Waals surface area contributed by atoms with Crippen molar-refractivity contribution in [3.8, 4) is 0 Å². The number of benzene rings is 2. The van der Waals surface area contributed by atoms with Gasteiger partial charge in [-0.3, -0.25) is 14.9 Å². The van der Waals surface area contributed by atoms with E-state index in [-0.39, 0.29) is 5.57 Å². The molecule has 2 aromatic carbocycles. The van der Waals surface area contributed by atoms with E-state index in [1.165, 1.54) is 6.08 Å². The molecule has 0 bridgehead atoms. The van der Waals surface area contributed by atoms with Crippen molar-refractivity contribution in [1.82, 2.24) is 5.32 Å². The van der Waals surface area contributed by atoms with Crippen molar-refractivity contribution in [2.45, 2.75) is 0 Å². The Morgan fingerprint density at radius 2 is 1.38 bits per heavy atom. The highest BCUT2D eigenvalue weighted by molar-refractivity contribution is 9.10. The number of halogens is 2. The molecule has 0 aliphatic carbocycles. The summed E-state index contributed by atoms with van der Waals surface area (Å²) >= 11 is 6.62. The van der Waals surface area contributed by atoms with E-state index in [1.807, 2.05) is 0 Å². The summed E-state index contributed by atoms with van der Waals surface area (Å²) < 4.78 is 1.70. The first-order valence-corrected chi connectivity index (χ1v) is 8.47. The van der Waals surface area contributed by atoms with E-state index < -0.39 is 17.8 Å². The molecule has 1 aliphatic heterocycles. The monoisotopic (exact) mass is 448 g/mol. The van der Waals surface area contributed by atoms with Crippen LogP contribution in [-0.2, 0) is 9.59 Å². The summed E-state index contributed by atoms with van der Waals surface area (Å²) in [5.74, 6) is -1.37. The number of nitrogens with zero attached hydrogens (tertiary/aromatic N) is 1. The number of hydrogen-bond acceptors (Lipinski definition) is 3. The molecular weight excluding hydrogens is 440 g/mol. The fourth-order valence-corrected chi connectivity index (χ4v) is 2.74. The number of carbonyl (C=O) groups excluding carboxylic acids is 3. The Morgan fingerprint density at radius 1 is 0.833 bits per heavy atom. The molecule has 1 heterocycles. The Labute approximate surface area is 154 Å². The average molecular weight is 450 g/mol. The Bertz CT molecular complexity index is 858. The maximum atomic E-state index is 12.7. The van der Waals surface area contributed by atoms with E-state index in [9.17, 15) is 14.4 Å². The fourth-order valence-electron chi connectivity index (χ4n) is 2.21. The topological polar surface area (TPSA) is 66.5 Å². The predicted molar refractivity (Wildman–Crippen MR) is 97.3 cm³/mol. The number of nitrogens with one attached hydrogen (secondary N) is 1. The van der Waals surface area contributed by atoms with Crippen LogP contribution >= 0.6 is 31.9 Å². The van der Waals surface area contributed by atoms with Crippen molar-refractivity contribution < 1.29 is 14.4 Å². The minimum atomic E-state index is -0.764. The van der Waals surface area contributed by atoms with Crippen molar-refractivity contribution >= 4 is 61.5 Å². The van der Waals surface area contributed by atoms with Gasteiger partial charge in [-0.1, -0.05) is 44.0 Å². The lowest BCUT2D eigenvalue weighted by Crippen LogP contribution is -2.54. The van der Waals surface area contributed by atoms with Crippen LogP contribution in [0.5, 0.6) is 0 Å². The van der Waals surface area contributed by atoms with Crippen molar-refractivity contribution in [1.29, 1.82) is 0 Å². The first-order chi connectivity index (χ1) is 11.5. The Kier molecular flexibility index (Phi) is 4.64. The second-order valence-corrected chi connectivity index (χ2v) is 6.82. The summed E-state index contributed by atoms with van der Waals surface area (Å²) in [7, 11) is 0. The summed E-state index contributed by atoms with van der Waals surface area (Å²) in [6.45, 7) is 0. The van der Waals surface area contributed by atoms with Gasteiger partial charge in [-0.2, -0.15) is 0 Å². The van der Waals surface area contributed by atoms with E-state index in [2.05, 4.69) is 37.2 Å². The smallest absolute Gasteiger partial charge is 0.273 e. The third-order valence-electron chi connectivity index (χ3n) is 3.37. The van der Waals surface area contributed by atoms with E-state index in [0.29, 0.717) is 11.3 Å². The maximum Gasteiger partial charge on any atom is 0.335 e. The molecule has 0 spiro atoms. The average Bonchev–Trinajstić information content (AvgIpc) is 2.55. The number of urea groups is 1. The molecule has 1 saturated heterocycles. The summed E-state index contributed by atoms with van der Waals surface area (Å²) in [5.41, 5.74) is 0.969. The van der Waals surface area contributed by atoms with Gasteiger partial charge in [0.15, 0.2) is 0 Å². The van der Waals surface area contributed by atoms with Crippen LogP contribution in [0.3, 0.4) is 0 Å². The van der Waals surface area contributed by atoms with Gasteiger partial charge in [-0.25, -0.2) is 9.69 Å². The molecule has 3 rings (SSSR count). The predicted octanol–water partition coefficient (Wildman–Crippen LogP) is 3.88. The first kappa shape index (κ1) is 16.6. The van der Waals surface area contributed by atoms with E-state index in [4.69, 9.17) is 0 Å². The van der Waals surface area contributed by atoms with Crippen LogP contribution in [0.2, 0.25) is 0 Å². The van der Waals surface area contributed by atoms with Gasteiger partial charge in [-0.05, 0) is 48.0 Å². The lowest BCUT2D eigenvalue weighted by atomic mass is 10.1. The van der Waals surface area contributed by atoms with Gasteiger partial charge in [0.1, 0.15) is 5.57 Å². The van der Waals surface area contributed by atoms with Crippen LogP contribution in [-0.4, -0.2) is 17.8 Å². The minimum absolute atomic E-state index is 0.0974. The second kappa shape index (κ2) is 6.70. The normalized spacial score (nSPS) is 16.5. The first-order valence-electron chi connectivity index (χ1n) is 6.88. The molecular formula is C17H10Br2N2O3. The summed E-state index contributed by atoms with van der Waals surface area (Å²) in [6.07, 6.45) is 1.46. The molecule has 0 saturated carbocycles. The van der Waals surface area contributed by atoms with E-state index in [0.717, 1.165) is 13.8 Å². The zero-order valence-corrected chi connectivity index (χ0v) is 15.3. The summed E-state index contributed by atoms with van der Waals surface area (Å²) in [6, 6.07) is 13.0. The number of rotatable bonds is 2. The molecule has 0 aromatic heterocycles. The number of anilines is 1. The van der Waals surface area contributed by atoms with Crippen LogP contribution < -0.4 is 10.2 Å². The molecule has 0 radical (unpaired) electrons. The number of imide groups is 2. The Morgan fingerprint density at radius 3 is 1.96 bits per heavy atom. The molecule has 5 nitrogen and oxygen atoms in total. The number of hydrogen-bond donors (Lipinski definition) is 1. The lowest BCUT2D eigenvalue weighted by Gasteiger charge is -2.26. The Hall–Kier alpha value is -2.25. The molecule has 1 N–H and O–H groups in total. The number of barbiturate groups is 1. The van der Waals surface area contributed by atoms with Crippen LogP contribution in [0.1, 0.15) is 5.56 Å². The molecule has 24 heavy (non-hydrogen) atoms. The second-order valence-electron chi connectivity index (χ2n) is 4.99. The van der Waals surface area contributed by atoms with Crippen LogP contribution in [0.4, 0.5) is 10.5 Å². The Balaban J connectivity index is 1.99. The largest absolute Gasteiger partial charge is 0.335 e. The molecule has 120 valence electrons.